The van der Waals surface area contributed by atoms with E-state index >= 15 is 0 Å². The molecule has 1 atom stereocenters. The number of rotatable bonds is 5. The fraction of sp³-hybridized carbons (Fsp3) is 0.381. The van der Waals surface area contributed by atoms with Gasteiger partial charge in [0.2, 0.25) is 5.91 Å². The van der Waals surface area contributed by atoms with Gasteiger partial charge in [0.25, 0.3) is 0 Å². The number of aromatic nitrogens is 3. The van der Waals surface area contributed by atoms with Crippen molar-refractivity contribution in [3.63, 3.8) is 0 Å². The normalized spacial score (nSPS) is 17.2. The number of H-pyrrole nitrogens is 1. The van der Waals surface area contributed by atoms with Gasteiger partial charge in [0.15, 0.2) is 11.6 Å². The van der Waals surface area contributed by atoms with E-state index < -0.39 is 0 Å². The Kier molecular flexibility index (Phi) is 5.05. The van der Waals surface area contributed by atoms with Crippen LogP contribution in [0.4, 0.5) is 11.6 Å². The summed E-state index contributed by atoms with van der Waals surface area (Å²) in [5, 5.41) is 12.5. The van der Waals surface area contributed by atoms with Gasteiger partial charge in [-0.05, 0) is 49.4 Å². The molecule has 27 heavy (non-hydrogen) atoms. The molecule has 1 saturated heterocycles. The summed E-state index contributed by atoms with van der Waals surface area (Å²) in [4.78, 5) is 17.9. The van der Waals surface area contributed by atoms with E-state index in [9.17, 15) is 4.79 Å². The zero-order valence-corrected chi connectivity index (χ0v) is 15.6. The fourth-order valence-electron chi connectivity index (χ4n) is 3.91. The molecule has 1 fully saturated rings. The first kappa shape index (κ1) is 17.5. The predicted octanol–water partition coefficient (Wildman–Crippen LogP) is 3.91. The fourth-order valence-corrected chi connectivity index (χ4v) is 3.91. The molecule has 3 aromatic rings. The maximum absolute atomic E-state index is 12.4. The molecule has 140 valence electrons. The van der Waals surface area contributed by atoms with Crippen LogP contribution in [0.1, 0.15) is 38.2 Å². The Bertz CT molecular complexity index is 918. The Morgan fingerprint density at radius 1 is 1.22 bits per heavy atom. The first-order valence-electron chi connectivity index (χ1n) is 9.70. The third-order valence-corrected chi connectivity index (χ3v) is 5.34. The van der Waals surface area contributed by atoms with Crippen molar-refractivity contribution in [2.45, 2.75) is 45.1 Å². The van der Waals surface area contributed by atoms with Gasteiger partial charge in [-0.15, -0.1) is 10.2 Å². The lowest BCUT2D eigenvalue weighted by Crippen LogP contribution is -2.39. The highest BCUT2D eigenvalue weighted by Crippen LogP contribution is 2.25. The third kappa shape index (κ3) is 3.79. The second kappa shape index (κ2) is 7.78. The quantitative estimate of drug-likeness (QED) is 0.721. The van der Waals surface area contributed by atoms with Crippen molar-refractivity contribution in [3.8, 4) is 0 Å². The number of fused-ring (bicyclic) bond motifs is 1. The Balaban J connectivity index is 1.41. The number of benzene rings is 1. The summed E-state index contributed by atoms with van der Waals surface area (Å²) in [6.07, 6.45) is 7.00. The molecule has 0 aliphatic carbocycles. The van der Waals surface area contributed by atoms with E-state index in [4.69, 9.17) is 0 Å². The van der Waals surface area contributed by atoms with E-state index in [-0.39, 0.29) is 5.91 Å². The number of nitrogens with one attached hydrogen (secondary N) is 2. The summed E-state index contributed by atoms with van der Waals surface area (Å²) in [6.45, 7) is 3.25. The van der Waals surface area contributed by atoms with Crippen LogP contribution in [-0.4, -0.2) is 33.7 Å². The van der Waals surface area contributed by atoms with Gasteiger partial charge in [0.05, 0.1) is 6.42 Å². The molecule has 6 nitrogen and oxygen atoms in total. The van der Waals surface area contributed by atoms with E-state index in [1.165, 1.54) is 19.3 Å². The van der Waals surface area contributed by atoms with Gasteiger partial charge < -0.3 is 15.2 Å². The smallest absolute Gasteiger partial charge is 0.230 e. The molecule has 1 unspecified atom stereocenters. The van der Waals surface area contributed by atoms with Gasteiger partial charge in [-0.1, -0.05) is 25.1 Å². The standard InChI is InChI=1S/C21H25N5O/c1-2-16-7-5-6-12-26(16)20-11-10-19(24-25-20)23-21(27)13-15-14-22-18-9-4-3-8-17(15)18/h3-4,8-11,14,16,22H,2,5-7,12-13H2,1H3,(H,23,24,27). The maximum Gasteiger partial charge on any atom is 0.230 e. The van der Waals surface area contributed by atoms with Crippen LogP contribution in [0.25, 0.3) is 10.9 Å². The monoisotopic (exact) mass is 363 g/mol. The zero-order valence-electron chi connectivity index (χ0n) is 15.6. The topological polar surface area (TPSA) is 73.9 Å². The predicted molar refractivity (Wildman–Crippen MR) is 108 cm³/mol. The summed E-state index contributed by atoms with van der Waals surface area (Å²) >= 11 is 0. The minimum atomic E-state index is -0.0915. The molecule has 2 aromatic heterocycles. The molecule has 1 aliphatic rings. The number of carbonyl (C=O) groups excluding carboxylic acids is 1. The van der Waals surface area contributed by atoms with Gasteiger partial charge in [-0.25, -0.2) is 0 Å². The Morgan fingerprint density at radius 2 is 2.11 bits per heavy atom. The molecule has 0 saturated carbocycles. The van der Waals surface area contributed by atoms with Crippen LogP contribution in [0.5, 0.6) is 0 Å². The molecule has 6 heteroatoms. The second-order valence-corrected chi connectivity index (χ2v) is 7.11. The number of para-hydroxylation sites is 1. The van der Waals surface area contributed by atoms with E-state index in [1.807, 2.05) is 42.6 Å². The van der Waals surface area contributed by atoms with Crippen LogP contribution in [0.2, 0.25) is 0 Å². The van der Waals surface area contributed by atoms with Crippen molar-refractivity contribution < 1.29 is 4.79 Å². The summed E-state index contributed by atoms with van der Waals surface area (Å²) in [6, 6.07) is 12.3. The minimum Gasteiger partial charge on any atom is -0.361 e. The van der Waals surface area contributed by atoms with Crippen molar-refractivity contribution in [1.82, 2.24) is 15.2 Å². The molecule has 1 aromatic carbocycles. The summed E-state index contributed by atoms with van der Waals surface area (Å²) in [5.41, 5.74) is 2.02. The number of amides is 1. The molecule has 0 radical (unpaired) electrons. The van der Waals surface area contributed by atoms with Crippen LogP contribution < -0.4 is 10.2 Å². The van der Waals surface area contributed by atoms with Crippen molar-refractivity contribution in [2.24, 2.45) is 0 Å². The zero-order chi connectivity index (χ0) is 18.6. The lowest BCUT2D eigenvalue weighted by Gasteiger charge is -2.35. The summed E-state index contributed by atoms with van der Waals surface area (Å²) < 4.78 is 0. The van der Waals surface area contributed by atoms with E-state index in [0.29, 0.717) is 18.3 Å². The number of hydrogen-bond acceptors (Lipinski definition) is 4. The maximum atomic E-state index is 12.4. The molecule has 3 heterocycles. The molecule has 1 amide bonds. The second-order valence-electron chi connectivity index (χ2n) is 7.11. The highest BCUT2D eigenvalue weighted by atomic mass is 16.1. The number of carbonyl (C=O) groups is 1. The highest BCUT2D eigenvalue weighted by molar-refractivity contribution is 5.95. The molecule has 0 bridgehead atoms. The van der Waals surface area contributed by atoms with Crippen molar-refractivity contribution >= 4 is 28.4 Å². The van der Waals surface area contributed by atoms with Crippen molar-refractivity contribution in [1.29, 1.82) is 0 Å². The van der Waals surface area contributed by atoms with Gasteiger partial charge in [0, 0.05) is 29.7 Å². The average molecular weight is 363 g/mol. The summed E-state index contributed by atoms with van der Waals surface area (Å²) in [5.74, 6) is 1.30. The molecule has 4 rings (SSSR count). The van der Waals surface area contributed by atoms with Gasteiger partial charge >= 0.3 is 0 Å². The number of nitrogens with zero attached hydrogens (tertiary/aromatic N) is 3. The van der Waals surface area contributed by atoms with Gasteiger partial charge in [-0.3, -0.25) is 4.79 Å². The largest absolute Gasteiger partial charge is 0.361 e. The van der Waals surface area contributed by atoms with Crippen LogP contribution in [0.3, 0.4) is 0 Å². The van der Waals surface area contributed by atoms with E-state index in [0.717, 1.165) is 35.2 Å². The molecular weight excluding hydrogens is 338 g/mol. The third-order valence-electron chi connectivity index (χ3n) is 5.34. The molecule has 2 N–H and O–H groups in total. The van der Waals surface area contributed by atoms with E-state index in [1.54, 1.807) is 0 Å². The average Bonchev–Trinajstić information content (AvgIpc) is 3.11. The first-order valence-corrected chi connectivity index (χ1v) is 9.70. The molecule has 0 spiro atoms. The van der Waals surface area contributed by atoms with Crippen molar-refractivity contribution in [3.05, 3.63) is 48.2 Å². The SMILES string of the molecule is CCC1CCCCN1c1ccc(NC(=O)Cc2c[nH]c3ccccc23)nn1. The van der Waals surface area contributed by atoms with Crippen LogP contribution in [0.15, 0.2) is 42.6 Å². The minimum absolute atomic E-state index is 0.0915. The van der Waals surface area contributed by atoms with Crippen LogP contribution in [0, 0.1) is 0 Å². The van der Waals surface area contributed by atoms with Crippen LogP contribution >= 0.6 is 0 Å². The first-order chi connectivity index (χ1) is 13.2. The Hall–Kier alpha value is -2.89. The highest BCUT2D eigenvalue weighted by Gasteiger charge is 2.22. The number of aromatic amines is 1. The van der Waals surface area contributed by atoms with Gasteiger partial charge in [0.1, 0.15) is 0 Å². The Morgan fingerprint density at radius 3 is 2.93 bits per heavy atom. The lowest BCUT2D eigenvalue weighted by molar-refractivity contribution is -0.115. The van der Waals surface area contributed by atoms with Gasteiger partial charge in [-0.2, -0.15) is 0 Å². The van der Waals surface area contributed by atoms with Crippen LogP contribution in [-0.2, 0) is 11.2 Å². The van der Waals surface area contributed by atoms with Crippen molar-refractivity contribution in [2.75, 3.05) is 16.8 Å². The molecule has 1 aliphatic heterocycles. The number of anilines is 2. The number of hydrogen-bond donors (Lipinski definition) is 2. The Labute approximate surface area is 159 Å². The number of piperidine rings is 1. The molecular formula is C21H25N5O. The van der Waals surface area contributed by atoms with E-state index in [2.05, 4.69) is 32.3 Å². The lowest BCUT2D eigenvalue weighted by atomic mass is 10.0. The summed E-state index contributed by atoms with van der Waals surface area (Å²) in [7, 11) is 0.